The third kappa shape index (κ3) is 16.5. The quantitative estimate of drug-likeness (QED) is 0.0503. The molecular weight excluding hydrogens is 1000 g/mol. The summed E-state index contributed by atoms with van der Waals surface area (Å²) in [6.07, 6.45) is 8.96. The number of thiazole rings is 3. The minimum atomic E-state index is 0. The van der Waals surface area contributed by atoms with E-state index in [4.69, 9.17) is 0 Å². The highest BCUT2D eigenvalue weighted by atomic mass is 32.1. The van der Waals surface area contributed by atoms with Crippen LogP contribution in [-0.2, 0) is 0 Å². The Labute approximate surface area is 460 Å². The molecule has 0 bridgehead atoms. The largest absolute Gasteiger partial charge is 0.507 e. The Kier molecular flexibility index (Phi) is 25.4. The van der Waals surface area contributed by atoms with Gasteiger partial charge in [0.05, 0.1) is 22.0 Å². The first-order valence-electron chi connectivity index (χ1n) is 24.5. The fourth-order valence-corrected chi connectivity index (χ4v) is 11.8. The van der Waals surface area contributed by atoms with Gasteiger partial charge in [-0.1, -0.05) is 83.0 Å². The number of anilines is 6. The normalized spacial score (nSPS) is 12.9. The number of carbonyl (C=O) groups is 3. The van der Waals surface area contributed by atoms with Gasteiger partial charge in [0.1, 0.15) is 27.0 Å². The topological polar surface area (TPSA) is 193 Å². The number of aromatic hydroxyl groups is 3. The average Bonchev–Trinajstić information content (AvgIpc) is 4.03. The maximum atomic E-state index is 12.7. The highest BCUT2D eigenvalue weighted by molar-refractivity contribution is 7.18. The molecule has 1 saturated heterocycles. The lowest BCUT2D eigenvalue weighted by atomic mass is 9.85. The van der Waals surface area contributed by atoms with Gasteiger partial charge < -0.3 is 41.1 Å². The number of phenols is 3. The fourth-order valence-electron chi connectivity index (χ4n) is 8.87. The second-order valence-electron chi connectivity index (χ2n) is 18.6. The molecule has 0 unspecified atom stereocenters. The Morgan fingerprint density at radius 1 is 0.520 bits per heavy atom. The lowest BCUT2D eigenvalue weighted by Gasteiger charge is -2.26. The Hall–Kier alpha value is -6.04. The summed E-state index contributed by atoms with van der Waals surface area (Å²) in [5.74, 6) is 1.50. The number of carbonyl (C=O) groups excluding carboxylic acids is 3. The number of rotatable bonds is 12. The summed E-state index contributed by atoms with van der Waals surface area (Å²) in [6.45, 7) is 23.8. The van der Waals surface area contributed by atoms with E-state index in [0.29, 0.717) is 50.4 Å². The molecular formula is C58H86N8O6S3. The van der Waals surface area contributed by atoms with Gasteiger partial charge in [0.15, 0.2) is 21.2 Å². The van der Waals surface area contributed by atoms with Crippen LogP contribution in [0.4, 0.5) is 32.5 Å². The number of hydrogen-bond acceptors (Lipinski definition) is 15. The number of piperidine rings is 1. The molecule has 8 rings (SSSR count). The van der Waals surface area contributed by atoms with Crippen molar-refractivity contribution in [2.75, 3.05) is 42.1 Å². The summed E-state index contributed by atoms with van der Waals surface area (Å²) in [7, 11) is 0. The molecule has 4 heterocycles. The SMILES string of the molecule is C.C.C.C.CCN(CC)C(=O)c1sc(Nc2cc(C)c(O)c(C)c2)nc1C.Cc1cc(Nc2nc(C)c(C(=O)C3CCCCC3)s2)cc(C)c1O.Cc1cc(Nc2nc(C)c(C(=O)N3CCCCC3)s2)cc(C)c1O. The number of nitrogens with one attached hydrogen (secondary N) is 3. The number of nitrogens with zero attached hydrogens (tertiary/aromatic N) is 5. The van der Waals surface area contributed by atoms with Crippen molar-refractivity contribution in [3.05, 3.63) is 101 Å². The standard InChI is InChI=1S/C19H24N2O2S.C18H23N3O2S.C17H23N3O2S.4CH4/c1-11-9-15(10-12(2)16(11)22)21-19-20-13(3)18(24-19)17(23)14-7-5-4-6-8-14;1-11-9-14(10-12(2)15(11)22)20-18-19-13(3)16(24-18)17(23)21-7-5-4-6-8-21;1-6-20(7-2)16(22)15-12(5)18-17(23-15)19-13-8-10(3)14(21)11(4)9-13;;;;/h9-10,14,22H,4-8H2,1-3H3,(H,20,21);9-10,22H,4-8H2,1-3H3,(H,19,20);8-9,21H,6-7H2,1-5H3,(H,18,19);4*1H4. The minimum absolute atomic E-state index is 0. The maximum absolute atomic E-state index is 12.7. The molecule has 14 nitrogen and oxygen atoms in total. The number of aryl methyl sites for hydroxylation is 9. The molecule has 1 aliphatic carbocycles. The Bertz CT molecular complexity index is 2660. The molecule has 17 heteroatoms. The zero-order chi connectivity index (χ0) is 51.7. The van der Waals surface area contributed by atoms with Crippen molar-refractivity contribution in [3.63, 3.8) is 0 Å². The van der Waals surface area contributed by atoms with Crippen molar-refractivity contribution < 1.29 is 29.7 Å². The Morgan fingerprint density at radius 3 is 1.21 bits per heavy atom. The van der Waals surface area contributed by atoms with E-state index < -0.39 is 0 Å². The molecule has 2 amide bonds. The zero-order valence-electron chi connectivity index (χ0n) is 43.1. The van der Waals surface area contributed by atoms with Gasteiger partial charge in [0.25, 0.3) is 11.8 Å². The molecule has 1 saturated carbocycles. The molecule has 412 valence electrons. The second-order valence-corrected chi connectivity index (χ2v) is 21.6. The molecule has 3 aromatic carbocycles. The van der Waals surface area contributed by atoms with Gasteiger partial charge in [0, 0.05) is 49.2 Å². The number of Topliss-reactive ketones (excluding diaryl/α,β-unsaturated/α-hetero) is 1. The van der Waals surface area contributed by atoms with E-state index in [0.717, 1.165) is 129 Å². The molecule has 3 aromatic heterocycles. The summed E-state index contributed by atoms with van der Waals surface area (Å²) in [5, 5.41) is 41.5. The molecule has 0 spiro atoms. The van der Waals surface area contributed by atoms with E-state index in [1.807, 2.05) is 117 Å². The van der Waals surface area contributed by atoms with Crippen LogP contribution in [0, 0.1) is 68.2 Å². The van der Waals surface area contributed by atoms with E-state index in [1.165, 1.54) is 46.9 Å². The number of ketones is 1. The number of aromatic nitrogens is 3. The summed E-state index contributed by atoms with van der Waals surface area (Å²) in [4.78, 5) is 57.3. The smallest absolute Gasteiger partial charge is 0.265 e. The second kappa shape index (κ2) is 29.3. The molecule has 2 aliphatic rings. The van der Waals surface area contributed by atoms with Gasteiger partial charge >= 0.3 is 0 Å². The highest BCUT2D eigenvalue weighted by Crippen LogP contribution is 2.36. The summed E-state index contributed by atoms with van der Waals surface area (Å²) in [6, 6.07) is 11.3. The van der Waals surface area contributed by atoms with Crippen molar-refractivity contribution >= 4 is 84.1 Å². The van der Waals surface area contributed by atoms with E-state index in [9.17, 15) is 29.7 Å². The van der Waals surface area contributed by atoms with Gasteiger partial charge in [0.2, 0.25) is 0 Å². The predicted octanol–water partition coefficient (Wildman–Crippen LogP) is 16.0. The van der Waals surface area contributed by atoms with Crippen LogP contribution in [0.15, 0.2) is 36.4 Å². The molecule has 0 atom stereocenters. The zero-order valence-corrected chi connectivity index (χ0v) is 45.5. The molecule has 6 aromatic rings. The number of hydrogen-bond donors (Lipinski definition) is 6. The van der Waals surface area contributed by atoms with Crippen LogP contribution in [0.25, 0.3) is 0 Å². The van der Waals surface area contributed by atoms with Crippen LogP contribution >= 0.6 is 34.0 Å². The van der Waals surface area contributed by atoms with Crippen LogP contribution in [0.1, 0.15) is 174 Å². The van der Waals surface area contributed by atoms with E-state index in [-0.39, 0.29) is 53.2 Å². The lowest BCUT2D eigenvalue weighted by Crippen LogP contribution is -2.35. The van der Waals surface area contributed by atoms with Crippen LogP contribution in [0.5, 0.6) is 17.2 Å². The van der Waals surface area contributed by atoms with Gasteiger partial charge in [-0.2, -0.15) is 0 Å². The van der Waals surface area contributed by atoms with Crippen molar-refractivity contribution in [2.45, 2.75) is 157 Å². The molecule has 6 N–H and O–H groups in total. The fraction of sp³-hybridized carbons (Fsp3) is 0.483. The van der Waals surface area contributed by atoms with Crippen molar-refractivity contribution in [2.24, 2.45) is 5.92 Å². The van der Waals surface area contributed by atoms with E-state index in [2.05, 4.69) is 30.9 Å². The first kappa shape index (κ1) is 65.1. The van der Waals surface area contributed by atoms with Crippen molar-refractivity contribution in [1.82, 2.24) is 24.8 Å². The van der Waals surface area contributed by atoms with Crippen LogP contribution in [-0.4, -0.2) is 83.8 Å². The number of amides is 2. The first-order chi connectivity index (χ1) is 33.8. The van der Waals surface area contributed by atoms with Crippen LogP contribution in [0.2, 0.25) is 0 Å². The molecule has 1 aliphatic heterocycles. The van der Waals surface area contributed by atoms with Crippen LogP contribution < -0.4 is 16.0 Å². The van der Waals surface area contributed by atoms with Crippen molar-refractivity contribution in [1.29, 1.82) is 0 Å². The third-order valence-electron chi connectivity index (χ3n) is 12.9. The lowest BCUT2D eigenvalue weighted by molar-refractivity contribution is 0.0726. The van der Waals surface area contributed by atoms with Crippen molar-refractivity contribution in [3.8, 4) is 17.2 Å². The van der Waals surface area contributed by atoms with E-state index >= 15 is 0 Å². The third-order valence-corrected chi connectivity index (χ3v) is 16.1. The minimum Gasteiger partial charge on any atom is -0.507 e. The number of benzene rings is 3. The summed E-state index contributed by atoms with van der Waals surface area (Å²) < 4.78 is 0. The van der Waals surface area contributed by atoms with Gasteiger partial charge in [-0.25, -0.2) is 15.0 Å². The number of likely N-dealkylation sites (tertiary alicyclic amines) is 1. The predicted molar refractivity (Wildman–Crippen MR) is 318 cm³/mol. The van der Waals surface area contributed by atoms with E-state index in [1.54, 1.807) is 4.90 Å². The van der Waals surface area contributed by atoms with Crippen LogP contribution in [0.3, 0.4) is 0 Å². The average molecular weight is 1090 g/mol. The summed E-state index contributed by atoms with van der Waals surface area (Å²) >= 11 is 4.20. The first-order valence-corrected chi connectivity index (χ1v) is 27.0. The Balaban J connectivity index is 0.000000375. The highest BCUT2D eigenvalue weighted by Gasteiger charge is 2.27. The summed E-state index contributed by atoms with van der Waals surface area (Å²) in [5.41, 5.74) is 9.81. The molecule has 2 fully saturated rings. The maximum Gasteiger partial charge on any atom is 0.265 e. The molecule has 75 heavy (non-hydrogen) atoms. The number of phenolic OH excluding ortho intramolecular Hbond substituents is 3. The van der Waals surface area contributed by atoms with Gasteiger partial charge in [-0.05, 0) is 178 Å². The monoisotopic (exact) mass is 1090 g/mol. The Morgan fingerprint density at radius 2 is 0.840 bits per heavy atom. The van der Waals surface area contributed by atoms with Gasteiger partial charge in [-0.15, -0.1) is 0 Å². The van der Waals surface area contributed by atoms with Gasteiger partial charge in [-0.3, -0.25) is 14.4 Å². The molecule has 0 radical (unpaired) electrons.